The summed E-state index contributed by atoms with van der Waals surface area (Å²) in [5.41, 5.74) is 5.95. The monoisotopic (exact) mass is 296 g/mol. The quantitative estimate of drug-likeness (QED) is 0.812. The van der Waals surface area contributed by atoms with E-state index in [2.05, 4.69) is 5.32 Å². The molecule has 0 aromatic heterocycles. The van der Waals surface area contributed by atoms with E-state index >= 15 is 0 Å². The van der Waals surface area contributed by atoms with E-state index in [0.29, 0.717) is 24.5 Å². The molecule has 21 heavy (non-hydrogen) atoms. The van der Waals surface area contributed by atoms with E-state index in [1.807, 2.05) is 6.92 Å². The molecule has 0 amide bonds. The highest BCUT2D eigenvalue weighted by Crippen LogP contribution is 2.33. The van der Waals surface area contributed by atoms with Crippen LogP contribution in [0.4, 0.5) is 30.2 Å². The molecule has 3 N–H and O–H groups in total. The summed E-state index contributed by atoms with van der Waals surface area (Å²) in [6.45, 7) is 2.43. The molecule has 0 aliphatic heterocycles. The number of nitrogens with one attached hydrogen (secondary N) is 1. The summed E-state index contributed by atoms with van der Waals surface area (Å²) in [6, 6.07) is 6.05. The molecule has 0 aliphatic carbocycles. The SMILES string of the molecule is CCCOc1cccc(Nc2c(F)cc(F)cc2F)c1N. The van der Waals surface area contributed by atoms with Crippen LogP contribution in [0.25, 0.3) is 0 Å². The van der Waals surface area contributed by atoms with E-state index in [4.69, 9.17) is 10.5 Å². The lowest BCUT2D eigenvalue weighted by Gasteiger charge is -2.14. The molecule has 3 nitrogen and oxygen atoms in total. The molecule has 2 aromatic carbocycles. The van der Waals surface area contributed by atoms with Crippen LogP contribution in [-0.2, 0) is 0 Å². The van der Waals surface area contributed by atoms with Gasteiger partial charge in [-0.1, -0.05) is 13.0 Å². The lowest BCUT2D eigenvalue weighted by molar-refractivity contribution is 0.319. The predicted molar refractivity (Wildman–Crippen MR) is 76.2 cm³/mol. The average Bonchev–Trinajstić information content (AvgIpc) is 2.43. The third-order valence-corrected chi connectivity index (χ3v) is 2.79. The highest BCUT2D eigenvalue weighted by molar-refractivity contribution is 5.77. The third kappa shape index (κ3) is 3.39. The van der Waals surface area contributed by atoms with Gasteiger partial charge in [0.25, 0.3) is 0 Å². The maximum Gasteiger partial charge on any atom is 0.152 e. The minimum Gasteiger partial charge on any atom is -0.491 e. The topological polar surface area (TPSA) is 47.3 Å². The van der Waals surface area contributed by atoms with Gasteiger partial charge in [-0.3, -0.25) is 0 Å². The first kappa shape index (κ1) is 15.0. The number of rotatable bonds is 5. The number of hydrogen-bond acceptors (Lipinski definition) is 3. The van der Waals surface area contributed by atoms with Crippen molar-refractivity contribution < 1.29 is 17.9 Å². The zero-order valence-electron chi connectivity index (χ0n) is 11.4. The van der Waals surface area contributed by atoms with Crippen molar-refractivity contribution in [2.75, 3.05) is 17.7 Å². The second-order valence-corrected chi connectivity index (χ2v) is 4.44. The van der Waals surface area contributed by atoms with Crippen LogP contribution in [-0.4, -0.2) is 6.61 Å². The molecule has 0 fully saturated rings. The third-order valence-electron chi connectivity index (χ3n) is 2.79. The Morgan fingerprint density at radius 1 is 1.14 bits per heavy atom. The molecule has 2 rings (SSSR count). The van der Waals surface area contributed by atoms with Crippen LogP contribution in [0.2, 0.25) is 0 Å². The van der Waals surface area contributed by atoms with Crippen LogP contribution in [0.1, 0.15) is 13.3 Å². The van der Waals surface area contributed by atoms with Gasteiger partial charge in [-0.15, -0.1) is 0 Å². The zero-order chi connectivity index (χ0) is 15.4. The number of halogens is 3. The largest absolute Gasteiger partial charge is 0.491 e. The standard InChI is InChI=1S/C15H15F3N2O/c1-2-6-21-13-5-3-4-12(14(13)19)20-15-10(17)7-9(16)8-11(15)18/h3-5,7-8,20H,2,6,19H2,1H3. The first-order valence-corrected chi connectivity index (χ1v) is 6.45. The van der Waals surface area contributed by atoms with Crippen molar-refractivity contribution in [3.05, 3.63) is 47.8 Å². The Balaban J connectivity index is 2.32. The number of benzene rings is 2. The molecule has 6 heteroatoms. The van der Waals surface area contributed by atoms with Crippen LogP contribution in [0.3, 0.4) is 0 Å². The Morgan fingerprint density at radius 2 is 1.81 bits per heavy atom. The van der Waals surface area contributed by atoms with Gasteiger partial charge >= 0.3 is 0 Å². The number of nitrogen functional groups attached to an aromatic ring is 1. The van der Waals surface area contributed by atoms with Crippen LogP contribution in [0, 0.1) is 17.5 Å². The van der Waals surface area contributed by atoms with Crippen LogP contribution in [0.5, 0.6) is 5.75 Å². The Kier molecular flexibility index (Phi) is 4.57. The average molecular weight is 296 g/mol. The molecular formula is C15H15F3N2O. The Morgan fingerprint density at radius 3 is 2.43 bits per heavy atom. The second kappa shape index (κ2) is 6.39. The number of nitrogens with two attached hydrogens (primary N) is 1. The Bertz CT molecular complexity index is 624. The van der Waals surface area contributed by atoms with Gasteiger partial charge in [0.2, 0.25) is 0 Å². The molecule has 0 atom stereocenters. The normalized spacial score (nSPS) is 10.5. The molecule has 0 saturated heterocycles. The number of hydrogen-bond donors (Lipinski definition) is 2. The van der Waals surface area contributed by atoms with E-state index in [1.54, 1.807) is 18.2 Å². The zero-order valence-corrected chi connectivity index (χ0v) is 11.4. The van der Waals surface area contributed by atoms with Crippen LogP contribution < -0.4 is 15.8 Å². The van der Waals surface area contributed by atoms with Gasteiger partial charge in [-0.25, -0.2) is 13.2 Å². The van der Waals surface area contributed by atoms with Crippen LogP contribution >= 0.6 is 0 Å². The maximum absolute atomic E-state index is 13.6. The summed E-state index contributed by atoms with van der Waals surface area (Å²) < 4.78 is 45.5. The van der Waals surface area contributed by atoms with Gasteiger partial charge in [0, 0.05) is 12.1 Å². The summed E-state index contributed by atoms with van der Waals surface area (Å²) in [5.74, 6) is -2.63. The fourth-order valence-electron chi connectivity index (χ4n) is 1.79. The van der Waals surface area contributed by atoms with E-state index in [9.17, 15) is 13.2 Å². The first-order valence-electron chi connectivity index (χ1n) is 6.45. The number of anilines is 3. The van der Waals surface area contributed by atoms with E-state index in [0.717, 1.165) is 6.42 Å². The Labute approximate surface area is 120 Å². The molecule has 0 heterocycles. The molecule has 0 spiro atoms. The molecule has 0 aliphatic rings. The molecule has 112 valence electrons. The van der Waals surface area contributed by atoms with Crippen molar-refractivity contribution >= 4 is 17.1 Å². The van der Waals surface area contributed by atoms with Gasteiger partial charge in [-0.05, 0) is 18.6 Å². The molecule has 0 unspecified atom stereocenters. The summed E-state index contributed by atoms with van der Waals surface area (Å²) in [5, 5.41) is 2.53. The van der Waals surface area contributed by atoms with Crippen molar-refractivity contribution in [1.29, 1.82) is 0 Å². The predicted octanol–water partition coefficient (Wildman–Crippen LogP) is 4.22. The molecule has 0 bridgehead atoms. The van der Waals surface area contributed by atoms with E-state index in [1.165, 1.54) is 0 Å². The van der Waals surface area contributed by atoms with Gasteiger partial charge < -0.3 is 15.8 Å². The molecule has 2 aromatic rings. The van der Waals surface area contributed by atoms with Crippen LogP contribution in [0.15, 0.2) is 30.3 Å². The number of para-hydroxylation sites is 1. The van der Waals surface area contributed by atoms with E-state index < -0.39 is 23.1 Å². The minimum absolute atomic E-state index is 0.231. The molecule has 0 saturated carbocycles. The highest BCUT2D eigenvalue weighted by atomic mass is 19.1. The van der Waals surface area contributed by atoms with Crippen molar-refractivity contribution in [2.45, 2.75) is 13.3 Å². The van der Waals surface area contributed by atoms with Crippen molar-refractivity contribution in [3.63, 3.8) is 0 Å². The minimum atomic E-state index is -1.04. The van der Waals surface area contributed by atoms with Crippen molar-refractivity contribution in [2.24, 2.45) is 0 Å². The molecule has 0 radical (unpaired) electrons. The summed E-state index contributed by atoms with van der Waals surface area (Å²) >= 11 is 0. The van der Waals surface area contributed by atoms with Gasteiger partial charge in [0.15, 0.2) is 11.6 Å². The number of ether oxygens (including phenoxy) is 1. The van der Waals surface area contributed by atoms with Gasteiger partial charge in [0.1, 0.15) is 17.3 Å². The fraction of sp³-hybridized carbons (Fsp3) is 0.200. The molecular weight excluding hydrogens is 281 g/mol. The van der Waals surface area contributed by atoms with Crippen molar-refractivity contribution in [1.82, 2.24) is 0 Å². The van der Waals surface area contributed by atoms with Gasteiger partial charge in [-0.2, -0.15) is 0 Å². The maximum atomic E-state index is 13.6. The summed E-state index contributed by atoms with van der Waals surface area (Å²) in [7, 11) is 0. The van der Waals surface area contributed by atoms with Crippen molar-refractivity contribution in [3.8, 4) is 5.75 Å². The lowest BCUT2D eigenvalue weighted by Crippen LogP contribution is -2.04. The summed E-state index contributed by atoms with van der Waals surface area (Å²) in [6.07, 6.45) is 0.804. The lowest BCUT2D eigenvalue weighted by atomic mass is 10.2. The van der Waals surface area contributed by atoms with E-state index in [-0.39, 0.29) is 11.4 Å². The van der Waals surface area contributed by atoms with Gasteiger partial charge in [0.05, 0.1) is 18.0 Å². The first-order chi connectivity index (χ1) is 10.0. The summed E-state index contributed by atoms with van der Waals surface area (Å²) in [4.78, 5) is 0. The Hall–Kier alpha value is -2.37. The smallest absolute Gasteiger partial charge is 0.152 e. The second-order valence-electron chi connectivity index (χ2n) is 4.44. The fourth-order valence-corrected chi connectivity index (χ4v) is 1.79. The highest BCUT2D eigenvalue weighted by Gasteiger charge is 2.14.